The zero-order valence-corrected chi connectivity index (χ0v) is 10.5. The highest BCUT2D eigenvalue weighted by Crippen LogP contribution is 2.36. The highest BCUT2D eigenvalue weighted by molar-refractivity contribution is 4.83. The first-order valence-corrected chi connectivity index (χ1v) is 6.64. The van der Waals surface area contributed by atoms with Crippen LogP contribution < -0.4 is 0 Å². The molecule has 0 amide bonds. The maximum Gasteiger partial charge on any atom is 0.389 e. The minimum atomic E-state index is -4.09. The maximum absolute atomic E-state index is 12.0. The van der Waals surface area contributed by atoms with Crippen molar-refractivity contribution in [2.75, 3.05) is 0 Å². The molecule has 4 heteroatoms. The molecule has 17 heavy (non-hydrogen) atoms. The van der Waals surface area contributed by atoms with Crippen LogP contribution in [0, 0.1) is 5.92 Å². The van der Waals surface area contributed by atoms with Crippen molar-refractivity contribution in [3.8, 4) is 0 Å². The molecule has 0 saturated heterocycles. The lowest BCUT2D eigenvalue weighted by molar-refractivity contribution is -0.138. The van der Waals surface area contributed by atoms with Crippen molar-refractivity contribution < 1.29 is 18.3 Å². The van der Waals surface area contributed by atoms with E-state index in [1.165, 1.54) is 0 Å². The summed E-state index contributed by atoms with van der Waals surface area (Å²) in [5.41, 5.74) is -0.838. The molecule has 1 N–H and O–H groups in total. The van der Waals surface area contributed by atoms with Crippen LogP contribution >= 0.6 is 0 Å². The van der Waals surface area contributed by atoms with Crippen molar-refractivity contribution in [1.29, 1.82) is 0 Å². The van der Waals surface area contributed by atoms with Crippen molar-refractivity contribution in [3.05, 3.63) is 0 Å². The van der Waals surface area contributed by atoms with E-state index in [9.17, 15) is 18.3 Å². The Morgan fingerprint density at radius 3 is 2.53 bits per heavy atom. The Labute approximate surface area is 101 Å². The zero-order chi connectivity index (χ0) is 12.9. The van der Waals surface area contributed by atoms with Gasteiger partial charge < -0.3 is 5.11 Å². The van der Waals surface area contributed by atoms with Gasteiger partial charge in [-0.2, -0.15) is 13.2 Å². The summed E-state index contributed by atoms with van der Waals surface area (Å²) in [5.74, 6) is 0.645. The van der Waals surface area contributed by atoms with Gasteiger partial charge in [0, 0.05) is 6.42 Å². The fourth-order valence-electron chi connectivity index (χ4n) is 2.74. The SMILES string of the molecule is CCC1CCCC(O)(CCCC(F)(F)F)CC1. The van der Waals surface area contributed by atoms with Gasteiger partial charge >= 0.3 is 6.18 Å². The average molecular weight is 252 g/mol. The zero-order valence-electron chi connectivity index (χ0n) is 10.5. The molecule has 0 heterocycles. The molecule has 2 atom stereocenters. The molecule has 0 radical (unpaired) electrons. The van der Waals surface area contributed by atoms with Crippen molar-refractivity contribution in [3.63, 3.8) is 0 Å². The Morgan fingerprint density at radius 2 is 1.94 bits per heavy atom. The van der Waals surface area contributed by atoms with E-state index in [-0.39, 0.29) is 6.42 Å². The van der Waals surface area contributed by atoms with Crippen molar-refractivity contribution >= 4 is 0 Å². The summed E-state index contributed by atoms with van der Waals surface area (Å²) >= 11 is 0. The Hall–Kier alpha value is -0.250. The van der Waals surface area contributed by atoms with E-state index in [2.05, 4.69) is 6.92 Å². The summed E-state index contributed by atoms with van der Waals surface area (Å²) in [5, 5.41) is 10.3. The molecule has 1 nitrogen and oxygen atoms in total. The Kier molecular flexibility index (Phi) is 5.29. The van der Waals surface area contributed by atoms with Crippen LogP contribution in [0.4, 0.5) is 13.2 Å². The summed E-state index contributed by atoms with van der Waals surface area (Å²) in [7, 11) is 0. The number of rotatable bonds is 4. The summed E-state index contributed by atoms with van der Waals surface area (Å²) in [6.07, 6.45) is 0.945. The first kappa shape index (κ1) is 14.8. The molecule has 2 unspecified atom stereocenters. The van der Waals surface area contributed by atoms with Crippen LogP contribution in [0.3, 0.4) is 0 Å². The summed E-state index contributed by atoms with van der Waals surface area (Å²) < 4.78 is 36.1. The number of hydrogen-bond acceptors (Lipinski definition) is 1. The molecule has 1 rings (SSSR count). The minimum Gasteiger partial charge on any atom is -0.390 e. The Morgan fingerprint density at radius 1 is 1.24 bits per heavy atom. The van der Waals surface area contributed by atoms with Gasteiger partial charge in [-0.05, 0) is 38.0 Å². The normalized spacial score (nSPS) is 31.2. The monoisotopic (exact) mass is 252 g/mol. The highest BCUT2D eigenvalue weighted by atomic mass is 19.4. The summed E-state index contributed by atoms with van der Waals surface area (Å²) in [6, 6.07) is 0. The molecular weight excluding hydrogens is 229 g/mol. The molecule has 0 aromatic heterocycles. The van der Waals surface area contributed by atoms with Crippen LogP contribution in [0.5, 0.6) is 0 Å². The number of halogens is 3. The maximum atomic E-state index is 12.0. The predicted octanol–water partition coefficient (Wildman–Crippen LogP) is 4.44. The molecule has 0 aromatic carbocycles. The highest BCUT2D eigenvalue weighted by Gasteiger charge is 2.32. The second kappa shape index (κ2) is 6.07. The lowest BCUT2D eigenvalue weighted by atomic mass is 9.88. The van der Waals surface area contributed by atoms with E-state index < -0.39 is 18.2 Å². The summed E-state index contributed by atoms with van der Waals surface area (Å²) in [6.45, 7) is 2.14. The minimum absolute atomic E-state index is 0.0524. The molecule has 1 aliphatic carbocycles. The van der Waals surface area contributed by atoms with Crippen molar-refractivity contribution in [2.45, 2.75) is 76.5 Å². The quantitative estimate of drug-likeness (QED) is 0.733. The molecule has 1 fully saturated rings. The molecule has 0 aliphatic heterocycles. The Bertz CT molecular complexity index is 227. The molecule has 0 spiro atoms. The third-order valence-electron chi connectivity index (χ3n) is 3.95. The second-order valence-corrected chi connectivity index (χ2v) is 5.40. The van der Waals surface area contributed by atoms with Crippen LogP contribution in [-0.2, 0) is 0 Å². The van der Waals surface area contributed by atoms with E-state index in [1.54, 1.807) is 0 Å². The number of hydrogen-bond donors (Lipinski definition) is 1. The van der Waals surface area contributed by atoms with Gasteiger partial charge in [-0.3, -0.25) is 0 Å². The van der Waals surface area contributed by atoms with Gasteiger partial charge in [-0.15, -0.1) is 0 Å². The van der Waals surface area contributed by atoms with Crippen molar-refractivity contribution in [2.24, 2.45) is 5.92 Å². The second-order valence-electron chi connectivity index (χ2n) is 5.40. The van der Waals surface area contributed by atoms with Crippen LogP contribution in [-0.4, -0.2) is 16.9 Å². The average Bonchev–Trinajstić information content (AvgIpc) is 2.38. The Balaban J connectivity index is 2.35. The van der Waals surface area contributed by atoms with E-state index in [0.29, 0.717) is 25.2 Å². The molecule has 102 valence electrons. The van der Waals surface area contributed by atoms with E-state index in [4.69, 9.17) is 0 Å². The molecular formula is C13H23F3O. The van der Waals surface area contributed by atoms with Crippen LogP contribution in [0.2, 0.25) is 0 Å². The standard InChI is InChI=1S/C13H23F3O/c1-2-11-5-3-7-12(17,10-6-11)8-4-9-13(14,15)16/h11,17H,2-10H2,1H3. The van der Waals surface area contributed by atoms with Crippen LogP contribution in [0.25, 0.3) is 0 Å². The first-order chi connectivity index (χ1) is 7.85. The van der Waals surface area contributed by atoms with Gasteiger partial charge in [0.05, 0.1) is 5.60 Å². The molecule has 1 aliphatic rings. The smallest absolute Gasteiger partial charge is 0.389 e. The number of alkyl halides is 3. The van der Waals surface area contributed by atoms with Crippen molar-refractivity contribution in [1.82, 2.24) is 0 Å². The lowest BCUT2D eigenvalue weighted by Crippen LogP contribution is -2.28. The third kappa shape index (κ3) is 5.75. The largest absolute Gasteiger partial charge is 0.390 e. The van der Waals surface area contributed by atoms with Crippen LogP contribution in [0.15, 0.2) is 0 Å². The topological polar surface area (TPSA) is 20.2 Å². The third-order valence-corrected chi connectivity index (χ3v) is 3.95. The van der Waals surface area contributed by atoms with Gasteiger partial charge in [0.2, 0.25) is 0 Å². The van der Waals surface area contributed by atoms with E-state index >= 15 is 0 Å². The fraction of sp³-hybridized carbons (Fsp3) is 1.00. The number of aliphatic hydroxyl groups is 1. The fourth-order valence-corrected chi connectivity index (χ4v) is 2.74. The molecule has 1 saturated carbocycles. The van der Waals surface area contributed by atoms with Crippen LogP contribution in [0.1, 0.15) is 64.7 Å². The van der Waals surface area contributed by atoms with Gasteiger partial charge in [0.25, 0.3) is 0 Å². The molecule has 0 aromatic rings. The van der Waals surface area contributed by atoms with Gasteiger partial charge in [-0.1, -0.05) is 26.2 Å². The van der Waals surface area contributed by atoms with E-state index in [0.717, 1.165) is 25.7 Å². The molecule has 0 bridgehead atoms. The van der Waals surface area contributed by atoms with E-state index in [1.807, 2.05) is 0 Å². The first-order valence-electron chi connectivity index (χ1n) is 6.64. The predicted molar refractivity (Wildman–Crippen MR) is 61.7 cm³/mol. The lowest BCUT2D eigenvalue weighted by Gasteiger charge is -2.27. The van der Waals surface area contributed by atoms with Gasteiger partial charge in [-0.25, -0.2) is 0 Å². The van der Waals surface area contributed by atoms with Gasteiger partial charge in [0.15, 0.2) is 0 Å². The van der Waals surface area contributed by atoms with Gasteiger partial charge in [0.1, 0.15) is 0 Å². The summed E-state index contributed by atoms with van der Waals surface area (Å²) in [4.78, 5) is 0.